The number of sulfone groups is 1. The first-order valence-corrected chi connectivity index (χ1v) is 13.3. The number of benzene rings is 2. The third-order valence-electron chi connectivity index (χ3n) is 6.13. The molecular formula is C25H22ClN3O6S. The van der Waals surface area contributed by atoms with Crippen molar-refractivity contribution in [1.29, 1.82) is 0 Å². The number of piperazine rings is 1. The number of nitrogens with zero attached hydrogens (tertiary/aromatic N) is 3. The molecule has 0 aliphatic carbocycles. The van der Waals surface area contributed by atoms with Crippen LogP contribution in [0.4, 0.5) is 11.6 Å². The van der Waals surface area contributed by atoms with Crippen LogP contribution in [0.2, 0.25) is 5.02 Å². The van der Waals surface area contributed by atoms with E-state index in [0.717, 1.165) is 5.69 Å². The van der Waals surface area contributed by atoms with Gasteiger partial charge in [0.2, 0.25) is 20.7 Å². The molecule has 186 valence electrons. The highest BCUT2D eigenvalue weighted by Gasteiger charge is 2.34. The fraction of sp³-hybridized carbons (Fsp3) is 0.240. The SMILES string of the molecule is O=S(=O)(c1ccc2c(c1)OCCO2)c1nc(-c2ccco2)oc1N1CCN(c2cccc(Cl)c2)CC1. The number of hydrogen-bond donors (Lipinski definition) is 0. The van der Waals surface area contributed by atoms with E-state index in [1.54, 1.807) is 18.2 Å². The molecule has 0 radical (unpaired) electrons. The lowest BCUT2D eigenvalue weighted by Gasteiger charge is -2.36. The molecule has 0 atom stereocenters. The van der Waals surface area contributed by atoms with Gasteiger partial charge in [0.25, 0.3) is 5.89 Å². The number of ether oxygens (including phenoxy) is 2. The summed E-state index contributed by atoms with van der Waals surface area (Å²) < 4.78 is 50.2. The molecular weight excluding hydrogens is 506 g/mol. The Morgan fingerprint density at radius 2 is 1.64 bits per heavy atom. The predicted octanol–water partition coefficient (Wildman–Crippen LogP) is 4.52. The van der Waals surface area contributed by atoms with Gasteiger partial charge in [-0.1, -0.05) is 17.7 Å². The summed E-state index contributed by atoms with van der Waals surface area (Å²) in [5.74, 6) is 1.52. The molecule has 11 heteroatoms. The van der Waals surface area contributed by atoms with Crippen LogP contribution in [0.15, 0.2) is 79.6 Å². The maximum Gasteiger partial charge on any atom is 0.266 e. The number of hydrogen-bond acceptors (Lipinski definition) is 9. The van der Waals surface area contributed by atoms with Crippen molar-refractivity contribution < 1.29 is 26.7 Å². The predicted molar refractivity (Wildman–Crippen MR) is 133 cm³/mol. The van der Waals surface area contributed by atoms with Gasteiger partial charge in [0.15, 0.2) is 17.3 Å². The van der Waals surface area contributed by atoms with Crippen LogP contribution in [-0.2, 0) is 9.84 Å². The number of oxazole rings is 1. The quantitative estimate of drug-likeness (QED) is 0.371. The zero-order valence-electron chi connectivity index (χ0n) is 19.1. The van der Waals surface area contributed by atoms with Gasteiger partial charge in [-0.2, -0.15) is 4.98 Å². The molecule has 6 rings (SSSR count). The highest BCUT2D eigenvalue weighted by Crippen LogP contribution is 2.38. The molecule has 1 saturated heterocycles. The van der Waals surface area contributed by atoms with Crippen molar-refractivity contribution in [3.8, 4) is 23.1 Å². The number of halogens is 1. The first kappa shape index (κ1) is 22.8. The van der Waals surface area contributed by atoms with Gasteiger partial charge in [0, 0.05) is 43.0 Å². The van der Waals surface area contributed by atoms with E-state index in [4.69, 9.17) is 29.9 Å². The van der Waals surface area contributed by atoms with Crippen molar-refractivity contribution in [2.45, 2.75) is 9.92 Å². The van der Waals surface area contributed by atoms with E-state index in [2.05, 4.69) is 9.88 Å². The second-order valence-corrected chi connectivity index (χ2v) is 10.7. The molecule has 36 heavy (non-hydrogen) atoms. The Bertz CT molecular complexity index is 1490. The van der Waals surface area contributed by atoms with Crippen molar-refractivity contribution >= 4 is 33.0 Å². The number of furan rings is 1. The molecule has 0 amide bonds. The normalized spacial score (nSPS) is 15.8. The highest BCUT2D eigenvalue weighted by atomic mass is 35.5. The number of rotatable bonds is 5. The summed E-state index contributed by atoms with van der Waals surface area (Å²) in [7, 11) is -4.05. The summed E-state index contributed by atoms with van der Waals surface area (Å²) in [6.45, 7) is 3.14. The van der Waals surface area contributed by atoms with Crippen LogP contribution >= 0.6 is 11.6 Å². The van der Waals surface area contributed by atoms with E-state index in [-0.39, 0.29) is 21.7 Å². The largest absolute Gasteiger partial charge is 0.486 e. The van der Waals surface area contributed by atoms with Gasteiger partial charge in [-0.15, -0.1) is 0 Å². The standard InChI is InChI=1S/C25H22ClN3O6S/c26-17-3-1-4-18(15-17)28-8-10-29(11-9-28)25-24(27-23(35-25)21-5-2-12-32-21)36(30,31)19-6-7-20-22(16-19)34-14-13-33-20/h1-7,12,15-16H,8-11,13-14H2. The Labute approximate surface area is 212 Å². The summed E-state index contributed by atoms with van der Waals surface area (Å²) in [4.78, 5) is 8.52. The lowest BCUT2D eigenvalue weighted by atomic mass is 10.2. The van der Waals surface area contributed by atoms with E-state index in [9.17, 15) is 8.42 Å². The van der Waals surface area contributed by atoms with Gasteiger partial charge < -0.3 is 28.1 Å². The van der Waals surface area contributed by atoms with Gasteiger partial charge >= 0.3 is 0 Å². The third kappa shape index (κ3) is 4.16. The minimum absolute atomic E-state index is 0.0462. The Balaban J connectivity index is 1.35. The van der Waals surface area contributed by atoms with Gasteiger partial charge in [-0.05, 0) is 42.5 Å². The number of aromatic nitrogens is 1. The summed E-state index contributed by atoms with van der Waals surface area (Å²) in [6.07, 6.45) is 1.48. The van der Waals surface area contributed by atoms with Crippen molar-refractivity contribution in [2.24, 2.45) is 0 Å². The smallest absolute Gasteiger partial charge is 0.266 e. The minimum atomic E-state index is -4.05. The molecule has 0 bridgehead atoms. The summed E-state index contributed by atoms with van der Waals surface area (Å²) in [5, 5.41) is 0.503. The average Bonchev–Trinajstić information content (AvgIpc) is 3.59. The maximum absolute atomic E-state index is 13.8. The van der Waals surface area contributed by atoms with Crippen LogP contribution in [0, 0.1) is 0 Å². The van der Waals surface area contributed by atoms with Crippen LogP contribution in [0.1, 0.15) is 0 Å². The fourth-order valence-corrected chi connectivity index (χ4v) is 5.84. The van der Waals surface area contributed by atoms with Crippen LogP contribution in [0.25, 0.3) is 11.7 Å². The molecule has 0 unspecified atom stereocenters. The minimum Gasteiger partial charge on any atom is -0.486 e. The van der Waals surface area contributed by atoms with E-state index in [1.807, 2.05) is 29.2 Å². The van der Waals surface area contributed by atoms with Crippen molar-refractivity contribution in [3.63, 3.8) is 0 Å². The number of fused-ring (bicyclic) bond motifs is 1. The first-order chi connectivity index (χ1) is 17.5. The second-order valence-electron chi connectivity index (χ2n) is 8.37. The van der Waals surface area contributed by atoms with Crippen LogP contribution < -0.4 is 19.3 Å². The van der Waals surface area contributed by atoms with Crippen LogP contribution in [-0.4, -0.2) is 52.8 Å². The van der Waals surface area contributed by atoms with Gasteiger partial charge in [0.05, 0.1) is 11.2 Å². The van der Waals surface area contributed by atoms with E-state index >= 15 is 0 Å². The van der Waals surface area contributed by atoms with Crippen molar-refractivity contribution in [2.75, 3.05) is 49.2 Å². The number of anilines is 2. The highest BCUT2D eigenvalue weighted by molar-refractivity contribution is 7.91. The Morgan fingerprint density at radius 1 is 0.861 bits per heavy atom. The molecule has 2 aliphatic rings. The molecule has 2 aliphatic heterocycles. The van der Waals surface area contributed by atoms with Crippen molar-refractivity contribution in [3.05, 3.63) is 65.9 Å². The molecule has 1 fully saturated rings. The Hall–Kier alpha value is -3.63. The Morgan fingerprint density at radius 3 is 2.39 bits per heavy atom. The molecule has 4 heterocycles. The van der Waals surface area contributed by atoms with Gasteiger partial charge in [-0.3, -0.25) is 0 Å². The van der Waals surface area contributed by atoms with Crippen LogP contribution in [0.3, 0.4) is 0 Å². The molecule has 0 spiro atoms. The summed E-state index contributed by atoms with van der Waals surface area (Å²) in [6, 6.07) is 15.6. The molecule has 2 aromatic heterocycles. The molecule has 4 aromatic rings. The summed E-state index contributed by atoms with van der Waals surface area (Å²) >= 11 is 6.16. The lowest BCUT2D eigenvalue weighted by Crippen LogP contribution is -2.46. The average molecular weight is 528 g/mol. The summed E-state index contributed by atoms with van der Waals surface area (Å²) in [5.41, 5.74) is 1.01. The monoisotopic (exact) mass is 527 g/mol. The zero-order valence-corrected chi connectivity index (χ0v) is 20.7. The molecule has 9 nitrogen and oxygen atoms in total. The van der Waals surface area contributed by atoms with Crippen molar-refractivity contribution in [1.82, 2.24) is 4.98 Å². The van der Waals surface area contributed by atoms with E-state index < -0.39 is 9.84 Å². The van der Waals surface area contributed by atoms with E-state index in [1.165, 1.54) is 18.4 Å². The maximum atomic E-state index is 13.8. The third-order valence-corrected chi connectivity index (χ3v) is 8.01. The molecule has 0 saturated carbocycles. The Kier molecular flexibility index (Phi) is 5.77. The van der Waals surface area contributed by atoms with E-state index in [0.29, 0.717) is 61.7 Å². The molecule has 0 N–H and O–H groups in total. The second kappa shape index (κ2) is 9.11. The zero-order chi connectivity index (χ0) is 24.7. The van der Waals surface area contributed by atoms with Crippen LogP contribution in [0.5, 0.6) is 11.5 Å². The first-order valence-electron chi connectivity index (χ1n) is 11.4. The topological polar surface area (TPSA) is 98.2 Å². The fourth-order valence-electron chi connectivity index (χ4n) is 4.32. The lowest BCUT2D eigenvalue weighted by molar-refractivity contribution is 0.171. The van der Waals surface area contributed by atoms with Gasteiger partial charge in [-0.25, -0.2) is 8.42 Å². The van der Waals surface area contributed by atoms with Gasteiger partial charge in [0.1, 0.15) is 13.2 Å². The molecule has 2 aromatic carbocycles.